The van der Waals surface area contributed by atoms with Crippen LogP contribution in [-0.2, 0) is 7.05 Å². The molecular weight excluding hydrogens is 216 g/mol. The van der Waals surface area contributed by atoms with E-state index < -0.39 is 0 Å². The minimum Gasteiger partial charge on any atom is -0.521 e. The molecule has 2 aromatic heterocycles. The minimum absolute atomic E-state index is 0. The fourth-order valence-corrected chi connectivity index (χ4v) is 2.76. The van der Waals surface area contributed by atoms with Crippen LogP contribution in [0.4, 0.5) is 0 Å². The van der Waals surface area contributed by atoms with E-state index in [1.807, 2.05) is 0 Å². The van der Waals surface area contributed by atoms with E-state index in [1.165, 1.54) is 30.3 Å². The van der Waals surface area contributed by atoms with Gasteiger partial charge in [-0.2, -0.15) is 5.30 Å². The molecule has 0 amide bonds. The number of aromatic nitrogens is 1. The Morgan fingerprint density at radius 1 is 1.29 bits per heavy atom. The van der Waals surface area contributed by atoms with Gasteiger partial charge in [0.25, 0.3) is 0 Å². The Bertz CT molecular complexity index is 428. The zero-order valence-electron chi connectivity index (χ0n) is 9.20. The van der Waals surface area contributed by atoms with Crippen molar-refractivity contribution in [2.45, 2.75) is 13.8 Å². The van der Waals surface area contributed by atoms with Gasteiger partial charge in [0.15, 0.2) is 0 Å². The van der Waals surface area contributed by atoms with Crippen molar-refractivity contribution in [3.63, 3.8) is 0 Å². The molecule has 0 saturated carbocycles. The molecule has 0 saturated heterocycles. The van der Waals surface area contributed by atoms with E-state index >= 15 is 0 Å². The third-order valence-corrected chi connectivity index (χ3v) is 3.86. The van der Waals surface area contributed by atoms with Crippen LogP contribution >= 0.6 is 8.19 Å². The maximum absolute atomic E-state index is 2.28. The van der Waals surface area contributed by atoms with Crippen LogP contribution in [0.3, 0.4) is 0 Å². The summed E-state index contributed by atoms with van der Waals surface area (Å²) in [6.07, 6.45) is 2.10. The van der Waals surface area contributed by atoms with Crippen molar-refractivity contribution in [2.75, 3.05) is 0 Å². The van der Waals surface area contributed by atoms with Gasteiger partial charge in [-0.25, -0.2) is 5.80 Å². The topological polar surface area (TPSA) is 4.93 Å². The monoisotopic (exact) mass is 229 g/mol. The van der Waals surface area contributed by atoms with Gasteiger partial charge in [0, 0.05) is 18.9 Å². The summed E-state index contributed by atoms with van der Waals surface area (Å²) in [5.41, 5.74) is 4.19. The van der Waals surface area contributed by atoms with Gasteiger partial charge in [-0.3, -0.25) is 0 Å². The van der Waals surface area contributed by atoms with Gasteiger partial charge in [0.2, 0.25) is 0 Å². The fraction of sp³-hybridized carbons (Fsp3) is 0.273. The van der Waals surface area contributed by atoms with E-state index in [0.717, 1.165) is 0 Å². The summed E-state index contributed by atoms with van der Waals surface area (Å²) in [5.74, 6) is 2.28. The van der Waals surface area contributed by atoms with Crippen LogP contribution in [-0.4, -0.2) is 4.57 Å². The third kappa shape index (κ3) is 2.26. The van der Waals surface area contributed by atoms with Crippen molar-refractivity contribution in [1.82, 2.24) is 4.57 Å². The molecule has 1 nitrogen and oxygen atoms in total. The molecule has 2 heterocycles. The number of hydrogen-bond donors (Lipinski definition) is 0. The largest absolute Gasteiger partial charge is 1.00 e. The predicted molar refractivity (Wildman–Crippen MR) is 58.4 cm³/mol. The van der Waals surface area contributed by atoms with Crippen LogP contribution in [0.25, 0.3) is 11.0 Å². The van der Waals surface area contributed by atoms with Crippen molar-refractivity contribution in [1.29, 1.82) is 0 Å². The third-order valence-electron chi connectivity index (χ3n) is 2.52. The average molecular weight is 229 g/mol. The van der Waals surface area contributed by atoms with E-state index in [1.54, 1.807) is 0 Å². The molecule has 14 heavy (non-hydrogen) atoms. The van der Waals surface area contributed by atoms with Gasteiger partial charge in [0.1, 0.15) is 0 Å². The van der Waals surface area contributed by atoms with Crippen LogP contribution in [0.5, 0.6) is 0 Å². The van der Waals surface area contributed by atoms with Gasteiger partial charge >= 0.3 is 51.4 Å². The summed E-state index contributed by atoms with van der Waals surface area (Å²) in [6.45, 7) is 4.38. The molecule has 0 bridgehead atoms. The molecule has 0 fully saturated rings. The van der Waals surface area contributed by atoms with Crippen molar-refractivity contribution in [2.24, 2.45) is 7.05 Å². The van der Waals surface area contributed by atoms with E-state index in [9.17, 15) is 0 Å². The van der Waals surface area contributed by atoms with E-state index in [4.69, 9.17) is 0 Å². The Morgan fingerprint density at radius 2 is 2.00 bits per heavy atom. The molecule has 0 aliphatic carbocycles. The van der Waals surface area contributed by atoms with Gasteiger partial charge in [-0.15, -0.1) is 0 Å². The molecule has 2 rings (SSSR count). The second kappa shape index (κ2) is 5.15. The molecule has 0 aromatic carbocycles. The quantitative estimate of drug-likeness (QED) is 0.632. The Labute approximate surface area is 129 Å². The molecule has 0 unspecified atom stereocenters. The molecule has 3 heteroatoms. The van der Waals surface area contributed by atoms with Crippen LogP contribution in [0.2, 0.25) is 0 Å². The molecular formula is C11H13KNP. The summed E-state index contributed by atoms with van der Waals surface area (Å²) in [4.78, 5) is 0. The first kappa shape index (κ1) is 12.8. The number of aryl methyl sites for hydroxylation is 2. The number of nitrogens with zero attached hydrogens (tertiary/aromatic N) is 1. The van der Waals surface area contributed by atoms with Gasteiger partial charge < -0.3 is 12.8 Å². The first-order chi connectivity index (χ1) is 6.20. The summed E-state index contributed by atoms with van der Waals surface area (Å²) in [7, 11) is 3.43. The van der Waals surface area contributed by atoms with Gasteiger partial charge in [0.05, 0.1) is 0 Å². The van der Waals surface area contributed by atoms with E-state index in [-0.39, 0.29) is 51.4 Å². The molecule has 0 aliphatic heterocycles. The van der Waals surface area contributed by atoms with E-state index in [2.05, 4.69) is 49.6 Å². The first-order valence-corrected chi connectivity index (χ1v) is 5.37. The minimum atomic E-state index is 0. The Hall–Kier alpha value is 0.696. The van der Waals surface area contributed by atoms with Crippen LogP contribution < -0.4 is 51.4 Å². The molecule has 0 N–H and O–H groups in total. The van der Waals surface area contributed by atoms with Crippen molar-refractivity contribution >= 4 is 8.19 Å². The summed E-state index contributed by atoms with van der Waals surface area (Å²) in [6, 6.07) is 4.27. The molecule has 2 aromatic rings. The summed E-state index contributed by atoms with van der Waals surface area (Å²) in [5, 5.41) is 1.45. The Morgan fingerprint density at radius 3 is 2.43 bits per heavy atom. The Balaban J connectivity index is 0.000000980. The normalized spacial score (nSPS) is 10.5. The van der Waals surface area contributed by atoms with Crippen molar-refractivity contribution < 1.29 is 51.4 Å². The average Bonchev–Trinajstić information content (AvgIpc) is 2.62. The SMILES string of the molecule is Cc1c[p-]c(-c2cccn2C)c1C.[K+]. The van der Waals surface area contributed by atoms with Gasteiger partial charge in [-0.05, 0) is 26.0 Å². The Kier molecular flexibility index (Phi) is 4.70. The van der Waals surface area contributed by atoms with Crippen LogP contribution in [0.1, 0.15) is 11.1 Å². The predicted octanol–water partition coefficient (Wildman–Crippen LogP) is 0.612. The number of rotatable bonds is 1. The zero-order chi connectivity index (χ0) is 9.42. The maximum atomic E-state index is 2.28. The fourth-order valence-electron chi connectivity index (χ4n) is 1.51. The summed E-state index contributed by atoms with van der Waals surface area (Å²) >= 11 is 0. The van der Waals surface area contributed by atoms with Crippen molar-refractivity contribution in [3.8, 4) is 11.0 Å². The van der Waals surface area contributed by atoms with Crippen LogP contribution in [0.15, 0.2) is 24.1 Å². The van der Waals surface area contributed by atoms with E-state index in [0.29, 0.717) is 0 Å². The summed E-state index contributed by atoms with van der Waals surface area (Å²) < 4.78 is 2.18. The molecule has 0 spiro atoms. The smallest absolute Gasteiger partial charge is 0.521 e. The second-order valence-corrected chi connectivity index (χ2v) is 4.38. The molecule has 0 atom stereocenters. The molecule has 0 radical (unpaired) electrons. The van der Waals surface area contributed by atoms with Gasteiger partial charge in [-0.1, -0.05) is 11.1 Å². The first-order valence-electron chi connectivity index (χ1n) is 4.40. The molecule has 0 aliphatic rings. The zero-order valence-corrected chi connectivity index (χ0v) is 13.2. The standard InChI is InChI=1S/C11H13NP.K/c1-8-7-13-11(9(8)2)10-5-4-6-12(10)3;/h4-7H,1-3H3;/q-1;+1. The second-order valence-electron chi connectivity index (χ2n) is 3.42. The molecule has 68 valence electrons. The van der Waals surface area contributed by atoms with Crippen molar-refractivity contribution in [3.05, 3.63) is 35.3 Å². The number of hydrogen-bond acceptors (Lipinski definition) is 0. The van der Waals surface area contributed by atoms with Crippen LogP contribution in [0, 0.1) is 13.8 Å². The maximum Gasteiger partial charge on any atom is 1.00 e.